The van der Waals surface area contributed by atoms with Crippen molar-refractivity contribution >= 4 is 65.0 Å². The summed E-state index contributed by atoms with van der Waals surface area (Å²) < 4.78 is 31.2. The van der Waals surface area contributed by atoms with Crippen molar-refractivity contribution in [1.82, 2.24) is 42.1 Å². The van der Waals surface area contributed by atoms with Crippen molar-refractivity contribution in [3.63, 3.8) is 0 Å². The Balaban J connectivity index is 1.23. The second-order valence-corrected chi connectivity index (χ2v) is 27.3. The van der Waals surface area contributed by atoms with Gasteiger partial charge in [0.2, 0.25) is 59.3 Å². The van der Waals surface area contributed by atoms with E-state index in [9.17, 15) is 60.0 Å². The number of benzene rings is 5. The molecule has 5 aromatic rings. The van der Waals surface area contributed by atoms with Crippen molar-refractivity contribution in [2.24, 2.45) is 11.7 Å². The summed E-state index contributed by atoms with van der Waals surface area (Å²) in [7, 11) is 1.26. The molecular weight excluding hydrogens is 1330 g/mol. The molecule has 32 heteroatoms. The van der Waals surface area contributed by atoms with Crippen LogP contribution in [0.2, 0.25) is 5.02 Å². The van der Waals surface area contributed by atoms with E-state index in [0.29, 0.717) is 0 Å². The lowest BCUT2D eigenvalue weighted by atomic mass is 9.87. The molecular formula is C68H78ClN9O22. The molecule has 1 fully saturated rings. The minimum Gasteiger partial charge on any atom is -0.508 e. The van der Waals surface area contributed by atoms with Crippen molar-refractivity contribution < 1.29 is 108 Å². The highest BCUT2D eigenvalue weighted by atomic mass is 35.5. The Morgan fingerprint density at radius 2 is 1.29 bits per heavy atom. The predicted molar refractivity (Wildman–Crippen MR) is 349 cm³/mol. The minimum atomic E-state index is -2.28. The summed E-state index contributed by atoms with van der Waals surface area (Å²) in [6.45, 7) is 13.0. The summed E-state index contributed by atoms with van der Waals surface area (Å²) in [4.78, 5) is 134. The molecule has 17 N–H and O–H groups in total. The number of halogens is 1. The molecule has 7 aliphatic heterocycles. The maximum Gasteiger partial charge on any atom is 0.410 e. The van der Waals surface area contributed by atoms with Crippen LogP contribution in [0.1, 0.15) is 137 Å². The lowest BCUT2D eigenvalue weighted by molar-refractivity contribution is -0.290. The molecule has 0 radical (unpaired) electrons. The van der Waals surface area contributed by atoms with Gasteiger partial charge in [0.1, 0.15) is 114 Å². The Labute approximate surface area is 576 Å². The number of hydrogen-bond acceptors (Lipinski definition) is 22. The molecule has 534 valence electrons. The number of nitrogens with zero attached hydrogens (tertiary/aromatic N) is 1. The van der Waals surface area contributed by atoms with Gasteiger partial charge in [-0.3, -0.25) is 43.3 Å². The summed E-state index contributed by atoms with van der Waals surface area (Å²) in [6, 6.07) is 0.448. The van der Waals surface area contributed by atoms with Gasteiger partial charge in [-0.05, 0) is 153 Å². The molecule has 5 aromatic carbocycles. The molecule has 0 spiro atoms. The molecule has 14 bridgehead atoms. The number of primary amides is 1. The maximum absolute atomic E-state index is 16.0. The first-order valence-electron chi connectivity index (χ1n) is 31.9. The third kappa shape index (κ3) is 15.2. The Bertz CT molecular complexity index is 4110. The molecule has 0 aliphatic carbocycles. The maximum atomic E-state index is 16.0. The zero-order valence-electron chi connectivity index (χ0n) is 55.4. The number of phenolic OH excluding ortho intramolecular Hbond substituents is 2. The average molecular weight is 1410 g/mol. The van der Waals surface area contributed by atoms with Crippen molar-refractivity contribution in [2.45, 2.75) is 171 Å². The van der Waals surface area contributed by atoms with Crippen molar-refractivity contribution in [3.05, 3.63) is 123 Å². The number of fused-ring (bicyclic) bond motifs is 16. The van der Waals surface area contributed by atoms with E-state index in [1.807, 2.05) is 0 Å². The van der Waals surface area contributed by atoms with E-state index in [4.69, 9.17) is 41.0 Å². The standard InChI is InChI=1S/C68H78ClN9O22/c1-25(2)16-38(78(9)67(95)100-68(6,7)8)60(89)76-49-51(82)29-11-14-40-34(19-29)53(84)58-55(86)54(85)56(87)66(99-58)98-57-42(96-40)21-31-22-43(57)97-41-15-12-30(20-36(41)69)52(83)50-65(94)75-48(63(92)71-26(3)4)35-23-32(79)17-27(5)45(35)33-18-28(10-13-39(33)80)46(61(90)77-50)74-62(91)47(31)73-59(88)37(24-44(70)81)72-64(49)93/h10-15,17-23,25-26,37-38,46-56,58,66,79-80,82-87H,16,24H2,1-9H3,(H2,70,81)(H,71,92)(H,72,93)(H,73,88)(H,74,91)(H,75,94)(H,76,89)(H,77,90)/t37-,38+,46-,47+,48-,49+,50-,51+,52+,53?,54-,55-,56+,58+,66+/m0/s1. The van der Waals surface area contributed by atoms with Crippen LogP contribution in [0.25, 0.3) is 11.1 Å². The van der Waals surface area contributed by atoms with Crippen LogP contribution in [0.15, 0.2) is 78.9 Å². The summed E-state index contributed by atoms with van der Waals surface area (Å²) in [5, 5.41) is 113. The quantitative estimate of drug-likeness (QED) is 0.100. The summed E-state index contributed by atoms with van der Waals surface area (Å²) >= 11 is 7.03. The van der Waals surface area contributed by atoms with Crippen LogP contribution in [-0.2, 0) is 47.8 Å². The molecule has 0 saturated carbocycles. The number of aryl methyl sites for hydroxylation is 1. The fourth-order valence-electron chi connectivity index (χ4n) is 12.4. The van der Waals surface area contributed by atoms with E-state index in [1.165, 1.54) is 50.4 Å². The van der Waals surface area contributed by atoms with Gasteiger partial charge in [-0.2, -0.15) is 0 Å². The number of amides is 9. The van der Waals surface area contributed by atoms with Gasteiger partial charge in [0.15, 0.2) is 11.5 Å². The van der Waals surface area contributed by atoms with Gasteiger partial charge < -0.3 is 107 Å². The molecule has 1 unspecified atom stereocenters. The normalized spacial score (nSPS) is 26.2. The highest BCUT2D eigenvalue weighted by Gasteiger charge is 2.51. The minimum absolute atomic E-state index is 0.0406. The monoisotopic (exact) mass is 1410 g/mol. The number of rotatable bonds is 9. The van der Waals surface area contributed by atoms with E-state index >= 15 is 24.0 Å². The van der Waals surface area contributed by atoms with Crippen molar-refractivity contribution in [2.75, 3.05) is 7.05 Å². The van der Waals surface area contributed by atoms with Crippen molar-refractivity contribution in [1.29, 1.82) is 0 Å². The first kappa shape index (κ1) is 72.9. The molecule has 9 amide bonds. The van der Waals surface area contributed by atoms with Gasteiger partial charge in [-0.15, -0.1) is 0 Å². The average Bonchev–Trinajstić information content (AvgIpc) is 0.763. The van der Waals surface area contributed by atoms with Crippen LogP contribution >= 0.6 is 11.6 Å². The van der Waals surface area contributed by atoms with E-state index < -0.39 is 203 Å². The van der Waals surface area contributed by atoms with Crippen LogP contribution in [0.4, 0.5) is 4.79 Å². The van der Waals surface area contributed by atoms with Crippen LogP contribution in [0, 0.1) is 12.8 Å². The summed E-state index contributed by atoms with van der Waals surface area (Å²) in [5.74, 6) is -13.5. The third-order valence-corrected chi connectivity index (χ3v) is 17.6. The number of nitrogens with one attached hydrogen (secondary N) is 7. The third-order valence-electron chi connectivity index (χ3n) is 17.3. The smallest absolute Gasteiger partial charge is 0.410 e. The van der Waals surface area contributed by atoms with Gasteiger partial charge in [0.25, 0.3) is 0 Å². The van der Waals surface area contributed by atoms with Gasteiger partial charge in [0.05, 0.1) is 11.4 Å². The van der Waals surface area contributed by atoms with Crippen molar-refractivity contribution in [3.8, 4) is 51.4 Å². The van der Waals surface area contributed by atoms with Crippen LogP contribution in [0.5, 0.6) is 40.2 Å². The predicted octanol–water partition coefficient (Wildman–Crippen LogP) is 1.96. The molecule has 0 aromatic heterocycles. The van der Waals surface area contributed by atoms with E-state index in [-0.39, 0.29) is 67.8 Å². The molecule has 31 nitrogen and oxygen atoms in total. The Morgan fingerprint density at radius 1 is 0.670 bits per heavy atom. The summed E-state index contributed by atoms with van der Waals surface area (Å²) in [6.07, 6.45) is -19.2. The molecule has 12 rings (SSSR count). The van der Waals surface area contributed by atoms with Gasteiger partial charge in [-0.25, -0.2) is 4.79 Å². The molecule has 1 saturated heterocycles. The topological polar surface area (TPSA) is 475 Å². The zero-order chi connectivity index (χ0) is 73.0. The largest absolute Gasteiger partial charge is 0.508 e. The number of likely N-dealkylation sites (N-methyl/N-ethyl adjacent to an activating group) is 1. The Hall–Kier alpha value is -9.86. The highest BCUT2D eigenvalue weighted by molar-refractivity contribution is 6.32. The van der Waals surface area contributed by atoms with Gasteiger partial charge in [-0.1, -0.05) is 43.6 Å². The van der Waals surface area contributed by atoms with Crippen LogP contribution in [-0.4, -0.2) is 173 Å². The van der Waals surface area contributed by atoms with E-state index in [1.54, 1.807) is 48.5 Å². The number of aliphatic hydroxyl groups excluding tert-OH is 6. The number of nitrogens with two attached hydrogens (primary N) is 1. The lowest BCUT2D eigenvalue weighted by Gasteiger charge is -2.43. The molecule has 100 heavy (non-hydrogen) atoms. The van der Waals surface area contributed by atoms with Gasteiger partial charge >= 0.3 is 6.09 Å². The Kier molecular flexibility index (Phi) is 21.0. The first-order valence-corrected chi connectivity index (χ1v) is 32.3. The van der Waals surface area contributed by atoms with Crippen LogP contribution in [0.3, 0.4) is 0 Å². The number of hydrogen-bond donors (Lipinski definition) is 16. The Morgan fingerprint density at radius 3 is 1.93 bits per heavy atom. The SMILES string of the molecule is Cc1cc(O)cc2c1-c1cc(ccc1O)[C@@H]1NC(=O)[C@@H]3NC(=O)[C@H](CC(N)=O)NC(=O)[C@H](NC(=O)[C@@H](CC(C)C)N(C)C(=O)OC(C)(C)C)[C@H](O)c4ccc5c(c4)C(O)[C@H]4O[C@@H](Oc6c(cc3cc6O5)Oc3ccc(cc3Cl)[C@@H](O)[C@H](NC1=O)C(=O)N[C@@H]2C(=O)NC(C)C)[C@H](O)[C@@H](O)[C@@H]4O. The van der Waals surface area contributed by atoms with Gasteiger partial charge in [0, 0.05) is 24.2 Å². The number of phenols is 2. The second kappa shape index (κ2) is 28.8. The van der Waals surface area contributed by atoms with E-state index in [0.717, 1.165) is 47.4 Å². The lowest BCUT2D eigenvalue weighted by Crippen LogP contribution is -2.60. The fourth-order valence-corrected chi connectivity index (χ4v) is 12.6. The molecule has 15 atom stereocenters. The first-order chi connectivity index (χ1) is 47.0. The second-order valence-electron chi connectivity index (χ2n) is 26.9. The number of carbonyl (C=O) groups is 9. The number of aliphatic hydroxyl groups is 6. The molecule has 7 aliphatic rings. The highest BCUT2D eigenvalue weighted by Crippen LogP contribution is 2.50. The number of aromatic hydroxyl groups is 2. The zero-order valence-corrected chi connectivity index (χ0v) is 56.2. The number of ether oxygens (including phenoxy) is 5. The number of carbonyl (C=O) groups excluding carboxylic acids is 9. The summed E-state index contributed by atoms with van der Waals surface area (Å²) in [5.41, 5.74) is 3.24. The van der Waals surface area contributed by atoms with E-state index in [2.05, 4.69) is 37.2 Å². The molecule has 7 heterocycles. The van der Waals surface area contributed by atoms with Crippen LogP contribution < -0.4 is 57.2 Å². The fraction of sp³-hybridized carbons (Fsp3) is 0.426.